The Labute approximate surface area is 234 Å². The molecular formula is C31H48O4P2S. The fourth-order valence-corrected chi connectivity index (χ4v) is 16.0. The molecule has 0 radical (unpaired) electrons. The van der Waals surface area contributed by atoms with E-state index in [2.05, 4.69) is 101 Å². The molecule has 212 valence electrons. The summed E-state index contributed by atoms with van der Waals surface area (Å²) in [6.07, 6.45) is 0.578. The van der Waals surface area contributed by atoms with E-state index in [0.717, 1.165) is 27.9 Å². The van der Waals surface area contributed by atoms with Gasteiger partial charge in [0.15, 0.2) is 0 Å². The van der Waals surface area contributed by atoms with Gasteiger partial charge >= 0.3 is 0 Å². The molecule has 1 N–H and O–H groups in total. The van der Waals surface area contributed by atoms with Crippen LogP contribution in [-0.4, -0.2) is 33.6 Å². The summed E-state index contributed by atoms with van der Waals surface area (Å²) in [7, 11) is -5.94. The summed E-state index contributed by atoms with van der Waals surface area (Å²) in [5, 5.41) is 2.12. The van der Waals surface area contributed by atoms with Gasteiger partial charge in [0.1, 0.15) is 16.4 Å². The maximum Gasteiger partial charge on any atom is 0.295 e. The van der Waals surface area contributed by atoms with E-state index >= 15 is 0 Å². The Kier molecular flexibility index (Phi) is 8.16. The zero-order chi connectivity index (χ0) is 29.4. The third-order valence-corrected chi connectivity index (χ3v) is 15.3. The van der Waals surface area contributed by atoms with Gasteiger partial charge in [0.2, 0.25) is 0 Å². The minimum Gasteiger partial charge on any atom is -0.455 e. The standard InChI is InChI=1S/C31H48O4P2S/c1-19-22-18-21-16-15-17-23(36(28(3,4)5)29(6,7)8)24(21)35-25(22)26(20(2)27(19)38(32,33)34)37(30(9,10)11)31(12,13)14/h15-17H,18H2,1-14H3,(H,32,33,34). The number of benzene rings is 2. The lowest BCUT2D eigenvalue weighted by Crippen LogP contribution is -2.36. The van der Waals surface area contributed by atoms with Crippen LogP contribution >= 0.6 is 15.8 Å². The summed E-state index contributed by atoms with van der Waals surface area (Å²) in [5.74, 6) is 1.74. The van der Waals surface area contributed by atoms with Crippen LogP contribution in [0.25, 0.3) is 0 Å². The van der Waals surface area contributed by atoms with E-state index < -0.39 is 26.0 Å². The van der Waals surface area contributed by atoms with Crippen LogP contribution in [0.3, 0.4) is 0 Å². The van der Waals surface area contributed by atoms with Crippen LogP contribution in [0.5, 0.6) is 11.5 Å². The molecule has 1 aliphatic heterocycles. The van der Waals surface area contributed by atoms with Crippen molar-refractivity contribution in [3.05, 3.63) is 40.5 Å². The van der Waals surface area contributed by atoms with Crippen molar-refractivity contribution >= 4 is 36.6 Å². The van der Waals surface area contributed by atoms with Crippen LogP contribution in [0.4, 0.5) is 0 Å². The van der Waals surface area contributed by atoms with Crippen molar-refractivity contribution in [3.63, 3.8) is 0 Å². The lowest BCUT2D eigenvalue weighted by atomic mass is 9.94. The quantitative estimate of drug-likeness (QED) is 0.250. The highest BCUT2D eigenvalue weighted by atomic mass is 32.2. The Bertz CT molecular complexity index is 1320. The lowest BCUT2D eigenvalue weighted by molar-refractivity contribution is 0.462. The summed E-state index contributed by atoms with van der Waals surface area (Å²) in [6, 6.07) is 6.44. The number of hydrogen-bond acceptors (Lipinski definition) is 3. The Morgan fingerprint density at radius 2 is 1.21 bits per heavy atom. The molecule has 0 aromatic heterocycles. The summed E-state index contributed by atoms with van der Waals surface area (Å²) in [6.45, 7) is 30.9. The molecule has 0 atom stereocenters. The molecule has 4 nitrogen and oxygen atoms in total. The monoisotopic (exact) mass is 578 g/mol. The fraction of sp³-hybridized carbons (Fsp3) is 0.613. The smallest absolute Gasteiger partial charge is 0.295 e. The van der Waals surface area contributed by atoms with Crippen molar-refractivity contribution < 1.29 is 17.7 Å². The Morgan fingerprint density at radius 1 is 0.737 bits per heavy atom. The summed E-state index contributed by atoms with van der Waals surface area (Å²) >= 11 is 0. The van der Waals surface area contributed by atoms with Crippen molar-refractivity contribution in [3.8, 4) is 11.5 Å². The van der Waals surface area contributed by atoms with Crippen LogP contribution in [0, 0.1) is 13.8 Å². The van der Waals surface area contributed by atoms with Crippen LogP contribution in [-0.2, 0) is 16.5 Å². The van der Waals surface area contributed by atoms with E-state index in [0.29, 0.717) is 17.5 Å². The first kappa shape index (κ1) is 31.5. The van der Waals surface area contributed by atoms with Gasteiger partial charge in [0, 0.05) is 22.6 Å². The maximum absolute atomic E-state index is 12.8. The van der Waals surface area contributed by atoms with Crippen molar-refractivity contribution in [2.24, 2.45) is 0 Å². The highest BCUT2D eigenvalue weighted by Gasteiger charge is 2.44. The van der Waals surface area contributed by atoms with Gasteiger partial charge in [-0.15, -0.1) is 0 Å². The predicted octanol–water partition coefficient (Wildman–Crippen LogP) is 8.66. The van der Waals surface area contributed by atoms with Crippen molar-refractivity contribution in [1.82, 2.24) is 0 Å². The molecule has 0 saturated carbocycles. The molecule has 0 bridgehead atoms. The minimum absolute atomic E-state index is 0.0436. The Balaban J connectivity index is 2.48. The zero-order valence-corrected chi connectivity index (χ0v) is 28.5. The molecular weight excluding hydrogens is 530 g/mol. The summed E-state index contributed by atoms with van der Waals surface area (Å²) in [4.78, 5) is 0.0436. The number of ether oxygens (including phenoxy) is 1. The van der Waals surface area contributed by atoms with Crippen LogP contribution in [0.15, 0.2) is 23.1 Å². The molecule has 2 aromatic rings. The van der Waals surface area contributed by atoms with Gasteiger partial charge in [-0.1, -0.05) is 117 Å². The molecule has 2 aromatic carbocycles. The van der Waals surface area contributed by atoms with Gasteiger partial charge < -0.3 is 4.74 Å². The molecule has 3 rings (SSSR count). The SMILES string of the molecule is Cc1c2c(c(P(C(C)(C)C)C(C)(C)C)c(C)c1S(=O)(=O)O)Oc1c(cccc1P(C(C)(C)C)C(C)(C)C)C2. The highest BCUT2D eigenvalue weighted by molar-refractivity contribution is 7.86. The molecule has 1 aliphatic rings. The molecule has 0 amide bonds. The highest BCUT2D eigenvalue weighted by Crippen LogP contribution is 2.63. The topological polar surface area (TPSA) is 63.6 Å². The number of fused-ring (bicyclic) bond motifs is 2. The van der Waals surface area contributed by atoms with Crippen LogP contribution < -0.4 is 15.3 Å². The fourth-order valence-electron chi connectivity index (χ4n) is 6.69. The van der Waals surface area contributed by atoms with E-state index in [9.17, 15) is 13.0 Å². The maximum atomic E-state index is 12.8. The second-order valence-electron chi connectivity index (χ2n) is 14.6. The number of rotatable bonds is 3. The molecule has 38 heavy (non-hydrogen) atoms. The minimum atomic E-state index is -4.42. The van der Waals surface area contributed by atoms with Gasteiger partial charge in [-0.25, -0.2) is 0 Å². The number of hydrogen-bond donors (Lipinski definition) is 1. The third-order valence-electron chi connectivity index (χ3n) is 7.03. The average molecular weight is 579 g/mol. The van der Waals surface area contributed by atoms with E-state index in [1.807, 2.05) is 13.8 Å². The second-order valence-corrected chi connectivity index (χ2v) is 23.6. The van der Waals surface area contributed by atoms with Gasteiger partial charge in [-0.3, -0.25) is 4.55 Å². The second kappa shape index (κ2) is 9.83. The normalized spacial score (nSPS) is 15.0. The molecule has 7 heteroatoms. The van der Waals surface area contributed by atoms with E-state index in [1.165, 1.54) is 5.30 Å². The zero-order valence-electron chi connectivity index (χ0n) is 25.9. The van der Waals surface area contributed by atoms with Gasteiger partial charge in [0.05, 0.1) is 0 Å². The molecule has 0 unspecified atom stereocenters. The largest absolute Gasteiger partial charge is 0.455 e. The first-order chi connectivity index (χ1) is 16.9. The first-order valence-corrected chi connectivity index (χ1v) is 17.5. The van der Waals surface area contributed by atoms with Crippen molar-refractivity contribution in [1.29, 1.82) is 0 Å². The Hall–Kier alpha value is -0.990. The van der Waals surface area contributed by atoms with Gasteiger partial charge in [-0.05, 0) is 51.2 Å². The van der Waals surface area contributed by atoms with Gasteiger partial charge in [-0.2, -0.15) is 8.42 Å². The van der Waals surface area contributed by atoms with Crippen LogP contribution in [0.2, 0.25) is 0 Å². The number of para-hydroxylation sites is 1. The molecule has 0 aliphatic carbocycles. The third kappa shape index (κ3) is 5.88. The predicted molar refractivity (Wildman–Crippen MR) is 167 cm³/mol. The van der Waals surface area contributed by atoms with Gasteiger partial charge in [0.25, 0.3) is 10.1 Å². The van der Waals surface area contributed by atoms with E-state index in [4.69, 9.17) is 4.74 Å². The molecule has 0 spiro atoms. The van der Waals surface area contributed by atoms with Crippen molar-refractivity contribution in [2.75, 3.05) is 0 Å². The summed E-state index contributed by atoms with van der Waals surface area (Å²) < 4.78 is 43.0. The Morgan fingerprint density at radius 3 is 1.63 bits per heavy atom. The molecule has 0 saturated heterocycles. The lowest BCUT2D eigenvalue weighted by Gasteiger charge is -2.45. The summed E-state index contributed by atoms with van der Waals surface area (Å²) in [5.41, 5.74) is 3.16. The average Bonchev–Trinajstić information content (AvgIpc) is 2.65. The molecule has 1 heterocycles. The first-order valence-electron chi connectivity index (χ1n) is 13.4. The van der Waals surface area contributed by atoms with E-state index in [-0.39, 0.29) is 25.5 Å². The molecule has 0 fully saturated rings. The van der Waals surface area contributed by atoms with Crippen LogP contribution in [0.1, 0.15) is 105 Å². The van der Waals surface area contributed by atoms with E-state index in [1.54, 1.807) is 0 Å². The van der Waals surface area contributed by atoms with Crippen molar-refractivity contribution in [2.45, 2.75) is 129 Å².